The summed E-state index contributed by atoms with van der Waals surface area (Å²) in [6.07, 6.45) is 0. The molecule has 18 heavy (non-hydrogen) atoms. The van der Waals surface area contributed by atoms with Gasteiger partial charge < -0.3 is 22.8 Å². The van der Waals surface area contributed by atoms with Crippen molar-refractivity contribution >= 4 is 31.2 Å². The third-order valence-corrected chi connectivity index (χ3v) is 0. The first-order valence-corrected chi connectivity index (χ1v) is 6.05. The second-order valence-electron chi connectivity index (χ2n) is 1.24. The van der Waals surface area contributed by atoms with Crippen molar-refractivity contribution in [1.82, 2.24) is 0 Å². The van der Waals surface area contributed by atoms with Crippen molar-refractivity contribution in [3.05, 3.63) is 0 Å². The van der Waals surface area contributed by atoms with Crippen LogP contribution in [0.3, 0.4) is 0 Å². The van der Waals surface area contributed by atoms with E-state index in [1.165, 1.54) is 0 Å². The molecule has 0 aromatic carbocycles. The topological polar surface area (TPSA) is 238 Å². The molecule has 0 saturated carbocycles. The summed E-state index contributed by atoms with van der Waals surface area (Å²) in [7, 11) is -15.2. The van der Waals surface area contributed by atoms with Gasteiger partial charge in [0.1, 0.15) is 0 Å². The van der Waals surface area contributed by atoms with Crippen molar-refractivity contribution in [2.75, 3.05) is 0 Å². The zero-order valence-electron chi connectivity index (χ0n) is 8.19. The molecule has 0 saturated heterocycles. The Balaban J connectivity index is -0.0000000277. The van der Waals surface area contributed by atoms with Gasteiger partial charge in [0.2, 0.25) is 10.4 Å². The Morgan fingerprint density at radius 2 is 0.667 bits per heavy atom. The van der Waals surface area contributed by atoms with Crippen LogP contribution in [0.4, 0.5) is 0 Å². The molecule has 104 valence electrons. The number of hydrogen-bond donors (Lipinski definition) is 1. The van der Waals surface area contributed by atoms with E-state index in [4.69, 9.17) is 52.6 Å². The van der Waals surface area contributed by atoms with Crippen molar-refractivity contribution < 1.29 is 118 Å². The second kappa shape index (κ2) is 15.1. The Labute approximate surface area is 148 Å². The zero-order chi connectivity index (χ0) is 13.5. The van der Waals surface area contributed by atoms with Crippen LogP contribution in [0.25, 0.3) is 0 Å². The molecule has 12 nitrogen and oxygen atoms in total. The second-order valence-corrected chi connectivity index (χ2v) is 3.73. The summed E-state index contributed by atoms with van der Waals surface area (Å²) in [6.45, 7) is 0. The van der Waals surface area contributed by atoms with E-state index in [0.29, 0.717) is 0 Å². The smallest absolute Gasteiger partial charge is 0.759 e. The average Bonchev–Trinajstić information content (AvgIpc) is 1.41. The Kier molecular flexibility index (Phi) is 30.8. The van der Waals surface area contributed by atoms with Gasteiger partial charge in [0.15, 0.2) is 0 Å². The van der Waals surface area contributed by atoms with E-state index in [1.54, 1.807) is 0 Å². The van der Waals surface area contributed by atoms with E-state index >= 15 is 0 Å². The van der Waals surface area contributed by atoms with Crippen LogP contribution in [0.5, 0.6) is 0 Å². The van der Waals surface area contributed by atoms with Crippen molar-refractivity contribution in [2.24, 2.45) is 0 Å². The molecule has 0 rings (SSSR count). The summed E-state index contributed by atoms with van der Waals surface area (Å²) in [5.41, 5.74) is 0. The SMILES string of the molecule is O=S(=O)([O-])O.O=S(=O)([O-])[O-].O=S(=O)([O-])[O-].[Na+].[Ni+2].[Zn+2]. The van der Waals surface area contributed by atoms with E-state index in [1.807, 2.05) is 0 Å². The molecule has 0 atom stereocenters. The Morgan fingerprint density at radius 1 is 0.667 bits per heavy atom. The summed E-state index contributed by atoms with van der Waals surface area (Å²) >= 11 is 0. The molecule has 0 amide bonds. The first-order valence-electron chi connectivity index (χ1n) is 2.02. The molecule has 0 aliphatic heterocycles. The molecule has 1 N–H and O–H groups in total. The van der Waals surface area contributed by atoms with Gasteiger partial charge in [0.05, 0.1) is 0 Å². The predicted molar refractivity (Wildman–Crippen MR) is 33.3 cm³/mol. The molecule has 0 aliphatic rings. The van der Waals surface area contributed by atoms with Crippen molar-refractivity contribution in [3.63, 3.8) is 0 Å². The van der Waals surface area contributed by atoms with Gasteiger partial charge in [-0.2, -0.15) is 0 Å². The van der Waals surface area contributed by atoms with Crippen molar-refractivity contribution in [1.29, 1.82) is 0 Å². The van der Waals surface area contributed by atoms with Crippen LogP contribution in [0.1, 0.15) is 0 Å². The van der Waals surface area contributed by atoms with Crippen LogP contribution < -0.4 is 29.6 Å². The Morgan fingerprint density at radius 3 is 0.667 bits per heavy atom. The van der Waals surface area contributed by atoms with E-state index < -0.39 is 31.2 Å². The summed E-state index contributed by atoms with van der Waals surface area (Å²) in [5, 5.41) is 0. The van der Waals surface area contributed by atoms with Gasteiger partial charge in [-0.05, 0) is 0 Å². The Hall–Kier alpha value is 1.73. The van der Waals surface area contributed by atoms with Crippen molar-refractivity contribution in [2.45, 2.75) is 0 Å². The van der Waals surface area contributed by atoms with Gasteiger partial charge in [-0.3, -0.25) is 21.4 Å². The molecule has 0 radical (unpaired) electrons. The third-order valence-electron chi connectivity index (χ3n) is 0. The normalized spacial score (nSPS) is 9.67. The monoisotopic (exact) mass is 434 g/mol. The summed E-state index contributed by atoms with van der Waals surface area (Å²) in [5.74, 6) is 0. The van der Waals surface area contributed by atoms with Gasteiger partial charge in [0, 0.05) is 20.8 Å². The Bertz CT molecular complexity index is 348. The van der Waals surface area contributed by atoms with E-state index in [9.17, 15) is 0 Å². The molecule has 0 aromatic heterocycles. The van der Waals surface area contributed by atoms with Crippen LogP contribution in [-0.2, 0) is 67.2 Å². The minimum atomic E-state index is -5.17. The van der Waals surface area contributed by atoms with Gasteiger partial charge in [-0.25, -0.2) is 8.42 Å². The van der Waals surface area contributed by atoms with Crippen LogP contribution in [-0.4, -0.2) is 52.6 Å². The van der Waals surface area contributed by atoms with Crippen LogP contribution in [0, 0.1) is 0 Å². The van der Waals surface area contributed by atoms with Crippen molar-refractivity contribution in [3.8, 4) is 0 Å². The number of hydrogen-bond acceptors (Lipinski definition) is 11. The fourth-order valence-corrected chi connectivity index (χ4v) is 0. The van der Waals surface area contributed by atoms with Crippen LogP contribution >= 0.6 is 0 Å². The standard InChI is InChI=1S/Na.Ni.3H2O4S.Zn/c;;3*1-5(2,3)4;/h;;3*(H2,1,2,3,4);/q+1;+2;;;;+2/p-5. The van der Waals surface area contributed by atoms with Gasteiger partial charge in [-0.15, -0.1) is 0 Å². The molecule has 0 aromatic rings. The summed E-state index contributed by atoms with van der Waals surface area (Å²) in [6, 6.07) is 0. The molecule has 0 fully saturated rings. The molecule has 0 aliphatic carbocycles. The maximum Gasteiger partial charge on any atom is 2.00 e. The third kappa shape index (κ3) is 1660. The van der Waals surface area contributed by atoms with E-state index in [-0.39, 0.29) is 65.5 Å². The van der Waals surface area contributed by atoms with Gasteiger partial charge in [-0.1, -0.05) is 0 Å². The minimum absolute atomic E-state index is 0. The summed E-state index contributed by atoms with van der Waals surface area (Å²) < 4.78 is 101. The average molecular weight is 436 g/mol. The van der Waals surface area contributed by atoms with Gasteiger partial charge >= 0.3 is 65.5 Å². The van der Waals surface area contributed by atoms with E-state index in [2.05, 4.69) is 0 Å². The minimum Gasteiger partial charge on any atom is -0.759 e. The first-order chi connectivity index (χ1) is 6.00. The quantitative estimate of drug-likeness (QED) is 0.212. The van der Waals surface area contributed by atoms with Crippen LogP contribution in [0.15, 0.2) is 0 Å². The fraction of sp³-hybridized carbons (Fsp3) is 0. The molecule has 0 unspecified atom stereocenters. The van der Waals surface area contributed by atoms with E-state index in [0.717, 1.165) is 0 Å². The summed E-state index contributed by atoms with van der Waals surface area (Å²) in [4.78, 5) is 0. The number of rotatable bonds is 0. The molecule has 18 heteroatoms. The zero-order valence-corrected chi connectivity index (χ0v) is 16.6. The molecule has 0 spiro atoms. The molecular weight excluding hydrogens is 435 g/mol. The largest absolute Gasteiger partial charge is 2.00 e. The molecule has 0 bridgehead atoms. The molecule has 0 heterocycles. The fourth-order valence-electron chi connectivity index (χ4n) is 0. The maximum absolute atomic E-state index is 8.63. The predicted octanol–water partition coefficient (Wildman–Crippen LogP) is -6.67. The van der Waals surface area contributed by atoms with Gasteiger partial charge in [0.25, 0.3) is 0 Å². The molecular formula is HNaNiO12S3Zn. The van der Waals surface area contributed by atoms with Crippen LogP contribution in [0.2, 0.25) is 0 Å². The first kappa shape index (κ1) is 36.7. The maximum atomic E-state index is 8.63.